The van der Waals surface area contributed by atoms with Gasteiger partial charge in [0.15, 0.2) is 5.78 Å². The van der Waals surface area contributed by atoms with E-state index in [0.717, 1.165) is 0 Å². The minimum Gasteiger partial charge on any atom is -0.294 e. The third-order valence-electron chi connectivity index (χ3n) is 1.79. The van der Waals surface area contributed by atoms with E-state index in [4.69, 9.17) is 11.6 Å². The molecule has 17 heavy (non-hydrogen) atoms. The Balaban J connectivity index is 3.08. The molecule has 1 rings (SSSR count). The van der Waals surface area contributed by atoms with Crippen LogP contribution in [0.1, 0.15) is 16.8 Å². The number of rotatable bonds is 4. The van der Waals surface area contributed by atoms with Crippen LogP contribution in [0.3, 0.4) is 0 Å². The summed E-state index contributed by atoms with van der Waals surface area (Å²) in [5, 5.41) is 0. The van der Waals surface area contributed by atoms with Gasteiger partial charge in [-0.2, -0.15) is 13.2 Å². The maximum absolute atomic E-state index is 12.3. The predicted octanol–water partition coefficient (Wildman–Crippen LogP) is 4.87. The van der Waals surface area contributed by atoms with Gasteiger partial charge in [0.05, 0.1) is 0 Å². The van der Waals surface area contributed by atoms with Crippen molar-refractivity contribution in [2.75, 3.05) is 5.88 Å². The van der Waals surface area contributed by atoms with E-state index in [-0.39, 0.29) is 40.3 Å². The van der Waals surface area contributed by atoms with Gasteiger partial charge in [-0.25, -0.2) is 0 Å². The highest BCUT2D eigenvalue weighted by atomic mass is 79.9. The van der Waals surface area contributed by atoms with Gasteiger partial charge in [-0.15, -0.1) is 11.6 Å². The van der Waals surface area contributed by atoms with Crippen LogP contribution in [0, 0.1) is 0 Å². The standard InChI is InChI=1S/C10H7BrClF3OS/c11-6-1-2-7(8(16)3-4-12)9(5-6)17-10(13,14)15/h1-2,5H,3-4H2. The first kappa shape index (κ1) is 14.9. The molecule has 0 heterocycles. The zero-order chi connectivity index (χ0) is 13.1. The third kappa shape index (κ3) is 4.89. The summed E-state index contributed by atoms with van der Waals surface area (Å²) in [5.41, 5.74) is -4.37. The van der Waals surface area contributed by atoms with Crippen molar-refractivity contribution >= 4 is 45.1 Å². The molecule has 0 N–H and O–H groups in total. The van der Waals surface area contributed by atoms with Crippen LogP contribution in [-0.4, -0.2) is 17.2 Å². The van der Waals surface area contributed by atoms with E-state index in [1.165, 1.54) is 18.2 Å². The average molecular weight is 348 g/mol. The molecule has 0 aromatic heterocycles. The summed E-state index contributed by atoms with van der Waals surface area (Å²) in [4.78, 5) is 11.5. The third-order valence-corrected chi connectivity index (χ3v) is 3.26. The van der Waals surface area contributed by atoms with Crippen molar-refractivity contribution in [3.8, 4) is 0 Å². The normalized spacial score (nSPS) is 11.6. The second-order valence-electron chi connectivity index (χ2n) is 3.05. The zero-order valence-corrected chi connectivity index (χ0v) is 11.5. The number of ketones is 1. The molecule has 0 spiro atoms. The molecule has 0 radical (unpaired) electrons. The van der Waals surface area contributed by atoms with Crippen molar-refractivity contribution in [1.82, 2.24) is 0 Å². The first-order chi connectivity index (χ1) is 7.83. The Morgan fingerprint density at radius 2 is 2.06 bits per heavy atom. The van der Waals surface area contributed by atoms with E-state index in [0.29, 0.717) is 4.47 Å². The smallest absolute Gasteiger partial charge is 0.294 e. The fourth-order valence-electron chi connectivity index (χ4n) is 1.16. The van der Waals surface area contributed by atoms with E-state index in [1.807, 2.05) is 0 Å². The van der Waals surface area contributed by atoms with Gasteiger partial charge in [0.2, 0.25) is 0 Å². The van der Waals surface area contributed by atoms with Crippen LogP contribution >= 0.6 is 39.3 Å². The number of carbonyl (C=O) groups is 1. The van der Waals surface area contributed by atoms with Crippen molar-refractivity contribution in [3.63, 3.8) is 0 Å². The number of carbonyl (C=O) groups excluding carboxylic acids is 1. The van der Waals surface area contributed by atoms with E-state index < -0.39 is 5.51 Å². The Kier molecular flexibility index (Phi) is 5.34. The maximum atomic E-state index is 12.3. The SMILES string of the molecule is O=C(CCCl)c1ccc(Br)cc1SC(F)(F)F. The second kappa shape index (κ2) is 6.11. The van der Waals surface area contributed by atoms with Crippen LogP contribution in [-0.2, 0) is 0 Å². The highest BCUT2D eigenvalue weighted by Gasteiger charge is 2.31. The molecule has 0 aliphatic carbocycles. The summed E-state index contributed by atoms with van der Waals surface area (Å²) in [6.45, 7) is 0. The fraction of sp³-hybridized carbons (Fsp3) is 0.300. The lowest BCUT2D eigenvalue weighted by Gasteiger charge is -2.10. The quantitative estimate of drug-likeness (QED) is 0.439. The molecular formula is C10H7BrClF3OS. The minimum atomic E-state index is -4.42. The lowest BCUT2D eigenvalue weighted by atomic mass is 10.1. The number of thioether (sulfide) groups is 1. The molecular weight excluding hydrogens is 341 g/mol. The number of hydrogen-bond donors (Lipinski definition) is 0. The molecule has 0 aliphatic heterocycles. The van der Waals surface area contributed by atoms with Crippen LogP contribution in [0.15, 0.2) is 27.6 Å². The van der Waals surface area contributed by atoms with Crippen molar-refractivity contribution in [2.24, 2.45) is 0 Å². The Bertz CT molecular complexity index is 423. The molecule has 0 saturated carbocycles. The lowest BCUT2D eigenvalue weighted by Crippen LogP contribution is -2.06. The van der Waals surface area contributed by atoms with Gasteiger partial charge >= 0.3 is 5.51 Å². The van der Waals surface area contributed by atoms with Crippen molar-refractivity contribution < 1.29 is 18.0 Å². The predicted molar refractivity (Wildman–Crippen MR) is 65.7 cm³/mol. The summed E-state index contributed by atoms with van der Waals surface area (Å²) < 4.78 is 37.4. The van der Waals surface area contributed by atoms with Gasteiger partial charge in [-0.3, -0.25) is 4.79 Å². The van der Waals surface area contributed by atoms with Crippen molar-refractivity contribution in [1.29, 1.82) is 0 Å². The van der Waals surface area contributed by atoms with Gasteiger partial charge in [-0.1, -0.05) is 15.9 Å². The lowest BCUT2D eigenvalue weighted by molar-refractivity contribution is -0.0328. The monoisotopic (exact) mass is 346 g/mol. The van der Waals surface area contributed by atoms with Gasteiger partial charge in [0.1, 0.15) is 0 Å². The molecule has 1 aromatic rings. The van der Waals surface area contributed by atoms with E-state index >= 15 is 0 Å². The Morgan fingerprint density at radius 3 is 2.59 bits per heavy atom. The largest absolute Gasteiger partial charge is 0.446 e. The number of halogens is 5. The highest BCUT2D eigenvalue weighted by Crippen LogP contribution is 2.39. The van der Waals surface area contributed by atoms with Crippen LogP contribution in [0.4, 0.5) is 13.2 Å². The first-order valence-electron chi connectivity index (χ1n) is 4.48. The molecule has 0 unspecified atom stereocenters. The summed E-state index contributed by atoms with van der Waals surface area (Å²) in [5.74, 6) is -0.301. The van der Waals surface area contributed by atoms with E-state index in [9.17, 15) is 18.0 Å². The van der Waals surface area contributed by atoms with Gasteiger partial charge in [0.25, 0.3) is 0 Å². The van der Waals surface area contributed by atoms with Gasteiger partial charge < -0.3 is 0 Å². The van der Waals surface area contributed by atoms with Crippen LogP contribution in [0.5, 0.6) is 0 Å². The maximum Gasteiger partial charge on any atom is 0.446 e. The zero-order valence-electron chi connectivity index (χ0n) is 8.35. The van der Waals surface area contributed by atoms with Crippen LogP contribution < -0.4 is 0 Å². The molecule has 0 fully saturated rings. The fourth-order valence-corrected chi connectivity index (χ4v) is 2.57. The molecule has 94 valence electrons. The minimum absolute atomic E-state index is 0.0224. The summed E-state index contributed by atoms with van der Waals surface area (Å²) in [6, 6.07) is 4.18. The molecule has 0 bridgehead atoms. The molecule has 7 heteroatoms. The Hall–Kier alpha value is -0.200. The molecule has 1 aromatic carbocycles. The van der Waals surface area contributed by atoms with Gasteiger partial charge in [-0.05, 0) is 30.0 Å². The van der Waals surface area contributed by atoms with Gasteiger partial charge in [0, 0.05) is 27.2 Å². The number of hydrogen-bond acceptors (Lipinski definition) is 2. The molecule has 0 saturated heterocycles. The summed E-state index contributed by atoms with van der Waals surface area (Å²) in [6.07, 6.45) is 0.0224. The van der Waals surface area contributed by atoms with Crippen LogP contribution in [0.2, 0.25) is 0 Å². The summed E-state index contributed by atoms with van der Waals surface area (Å²) in [7, 11) is 0. The van der Waals surface area contributed by atoms with E-state index in [1.54, 1.807) is 0 Å². The number of alkyl halides is 4. The average Bonchev–Trinajstić information content (AvgIpc) is 2.15. The van der Waals surface area contributed by atoms with Crippen molar-refractivity contribution in [2.45, 2.75) is 16.8 Å². The molecule has 0 atom stereocenters. The highest BCUT2D eigenvalue weighted by molar-refractivity contribution is 9.10. The van der Waals surface area contributed by atoms with Crippen LogP contribution in [0.25, 0.3) is 0 Å². The second-order valence-corrected chi connectivity index (χ2v) is 5.45. The topological polar surface area (TPSA) is 17.1 Å². The first-order valence-corrected chi connectivity index (χ1v) is 6.62. The molecule has 0 aliphatic rings. The number of Topliss-reactive ketones (excluding diaryl/α,β-unsaturated/α-hetero) is 1. The molecule has 1 nitrogen and oxygen atoms in total. The van der Waals surface area contributed by atoms with E-state index in [2.05, 4.69) is 15.9 Å². The Morgan fingerprint density at radius 1 is 1.41 bits per heavy atom. The molecule has 0 amide bonds. The van der Waals surface area contributed by atoms with Crippen molar-refractivity contribution in [3.05, 3.63) is 28.2 Å². The summed E-state index contributed by atoms with van der Waals surface area (Å²) >= 11 is 8.18. The number of benzene rings is 1. The Labute approximate surface area is 114 Å².